The molecule has 1 aromatic carbocycles. The van der Waals surface area contributed by atoms with Crippen LogP contribution in [0.3, 0.4) is 0 Å². The van der Waals surface area contributed by atoms with Crippen LogP contribution in [0.4, 0.5) is 4.39 Å². The number of nitrogens with zero attached hydrogens (tertiary/aromatic N) is 2. The number of aromatic nitrogens is 2. The van der Waals surface area contributed by atoms with Gasteiger partial charge in [0, 0.05) is 19.2 Å². The van der Waals surface area contributed by atoms with Gasteiger partial charge in [-0.15, -0.1) is 0 Å². The Bertz CT molecular complexity index is 431. The fraction of sp³-hybridized carbons (Fsp3) is 0.250. The van der Waals surface area contributed by atoms with E-state index in [2.05, 4.69) is 12.0 Å². The van der Waals surface area contributed by atoms with Crippen molar-refractivity contribution in [3.8, 4) is 0 Å². The maximum Gasteiger partial charge on any atom is 0.123 e. The smallest absolute Gasteiger partial charge is 0.123 e. The van der Waals surface area contributed by atoms with E-state index < -0.39 is 0 Å². The van der Waals surface area contributed by atoms with Crippen molar-refractivity contribution in [2.24, 2.45) is 0 Å². The topological polar surface area (TPSA) is 17.8 Å². The predicted octanol–water partition coefficient (Wildman–Crippen LogP) is 2.63. The van der Waals surface area contributed by atoms with E-state index in [1.54, 1.807) is 12.1 Å². The molecule has 2 nitrogen and oxygen atoms in total. The second-order valence-electron chi connectivity index (χ2n) is 3.47. The number of rotatable bonds is 3. The molecule has 78 valence electrons. The lowest BCUT2D eigenvalue weighted by atomic mass is 10.1. The normalized spacial score (nSPS) is 10.5. The van der Waals surface area contributed by atoms with E-state index in [1.807, 2.05) is 16.9 Å². The van der Waals surface area contributed by atoms with E-state index in [9.17, 15) is 4.39 Å². The van der Waals surface area contributed by atoms with Gasteiger partial charge in [-0.05, 0) is 30.7 Å². The van der Waals surface area contributed by atoms with Crippen LogP contribution in [-0.2, 0) is 13.0 Å². The van der Waals surface area contributed by atoms with Gasteiger partial charge in [-0.25, -0.2) is 4.39 Å². The Hall–Kier alpha value is -1.64. The van der Waals surface area contributed by atoms with Crippen LogP contribution in [0, 0.1) is 5.82 Å². The zero-order valence-corrected chi connectivity index (χ0v) is 8.65. The molecule has 0 aliphatic heterocycles. The Morgan fingerprint density at radius 3 is 2.53 bits per heavy atom. The van der Waals surface area contributed by atoms with Crippen LogP contribution in [0.15, 0.2) is 36.5 Å². The molecule has 0 amide bonds. The molecule has 0 unspecified atom stereocenters. The highest BCUT2D eigenvalue weighted by Gasteiger charge is 2.00. The fourth-order valence-corrected chi connectivity index (χ4v) is 1.49. The van der Waals surface area contributed by atoms with Crippen molar-refractivity contribution < 1.29 is 4.39 Å². The summed E-state index contributed by atoms with van der Waals surface area (Å²) in [6.07, 6.45) is 2.71. The van der Waals surface area contributed by atoms with Gasteiger partial charge in [-0.3, -0.25) is 4.68 Å². The Kier molecular flexibility index (Phi) is 2.81. The van der Waals surface area contributed by atoms with E-state index in [0.29, 0.717) is 0 Å². The number of benzene rings is 1. The standard InChI is InChI=1S/C12H13FN2/c1-2-15-8-7-12(14-15)9-10-3-5-11(13)6-4-10/h3-8H,2,9H2,1H3. The molecule has 0 saturated heterocycles. The zero-order chi connectivity index (χ0) is 10.7. The van der Waals surface area contributed by atoms with Gasteiger partial charge in [0.25, 0.3) is 0 Å². The van der Waals surface area contributed by atoms with Gasteiger partial charge < -0.3 is 0 Å². The van der Waals surface area contributed by atoms with Crippen LogP contribution in [-0.4, -0.2) is 9.78 Å². The lowest BCUT2D eigenvalue weighted by molar-refractivity contribution is 0.627. The molecule has 0 aliphatic carbocycles. The summed E-state index contributed by atoms with van der Waals surface area (Å²) in [4.78, 5) is 0. The Morgan fingerprint density at radius 2 is 1.93 bits per heavy atom. The summed E-state index contributed by atoms with van der Waals surface area (Å²) in [7, 11) is 0. The maximum absolute atomic E-state index is 12.7. The van der Waals surface area contributed by atoms with Crippen molar-refractivity contribution in [3.63, 3.8) is 0 Å². The minimum Gasteiger partial charge on any atom is -0.273 e. The third kappa shape index (κ3) is 2.43. The van der Waals surface area contributed by atoms with Crippen molar-refractivity contribution in [1.82, 2.24) is 9.78 Å². The molecule has 0 N–H and O–H groups in total. The first-order valence-electron chi connectivity index (χ1n) is 5.04. The second-order valence-corrected chi connectivity index (χ2v) is 3.47. The van der Waals surface area contributed by atoms with Crippen molar-refractivity contribution >= 4 is 0 Å². The van der Waals surface area contributed by atoms with Crippen LogP contribution < -0.4 is 0 Å². The summed E-state index contributed by atoms with van der Waals surface area (Å²) >= 11 is 0. The van der Waals surface area contributed by atoms with Crippen molar-refractivity contribution in [2.75, 3.05) is 0 Å². The third-order valence-corrected chi connectivity index (χ3v) is 2.32. The molecule has 1 aromatic heterocycles. The van der Waals surface area contributed by atoms with Gasteiger partial charge in [0.15, 0.2) is 0 Å². The van der Waals surface area contributed by atoms with Crippen LogP contribution in [0.25, 0.3) is 0 Å². The van der Waals surface area contributed by atoms with Crippen molar-refractivity contribution in [2.45, 2.75) is 19.9 Å². The molecule has 0 radical (unpaired) electrons. The summed E-state index contributed by atoms with van der Waals surface area (Å²) in [6, 6.07) is 8.53. The first kappa shape index (κ1) is 9.90. The second kappa shape index (κ2) is 4.26. The first-order valence-corrected chi connectivity index (χ1v) is 5.04. The molecule has 1 heterocycles. The van der Waals surface area contributed by atoms with Crippen LogP contribution >= 0.6 is 0 Å². The SMILES string of the molecule is CCn1ccc(Cc2ccc(F)cc2)n1. The Morgan fingerprint density at radius 1 is 1.20 bits per heavy atom. The molecule has 2 aromatic rings. The molecule has 3 heteroatoms. The first-order chi connectivity index (χ1) is 7.28. The van der Waals surface area contributed by atoms with E-state index in [-0.39, 0.29) is 5.82 Å². The fourth-order valence-electron chi connectivity index (χ4n) is 1.49. The van der Waals surface area contributed by atoms with Gasteiger partial charge in [0.05, 0.1) is 5.69 Å². The van der Waals surface area contributed by atoms with Crippen LogP contribution in [0.2, 0.25) is 0 Å². The zero-order valence-electron chi connectivity index (χ0n) is 8.65. The predicted molar refractivity (Wildman–Crippen MR) is 57.1 cm³/mol. The monoisotopic (exact) mass is 204 g/mol. The molecular formula is C12H13FN2. The minimum atomic E-state index is -0.196. The third-order valence-electron chi connectivity index (χ3n) is 2.32. The molecule has 0 aliphatic rings. The lowest BCUT2D eigenvalue weighted by Crippen LogP contribution is -1.96. The average molecular weight is 204 g/mol. The van der Waals surface area contributed by atoms with Gasteiger partial charge in [0.1, 0.15) is 5.82 Å². The summed E-state index contributed by atoms with van der Waals surface area (Å²) < 4.78 is 14.6. The molecule has 2 rings (SSSR count). The summed E-state index contributed by atoms with van der Waals surface area (Å²) in [5.74, 6) is -0.196. The highest BCUT2D eigenvalue weighted by atomic mass is 19.1. The number of hydrogen-bond donors (Lipinski definition) is 0. The molecular weight excluding hydrogens is 191 g/mol. The minimum absolute atomic E-state index is 0.196. The highest BCUT2D eigenvalue weighted by Crippen LogP contribution is 2.08. The molecule has 0 saturated carbocycles. The Labute approximate surface area is 88.4 Å². The van der Waals surface area contributed by atoms with E-state index in [0.717, 1.165) is 24.2 Å². The molecule has 15 heavy (non-hydrogen) atoms. The molecule has 0 bridgehead atoms. The quantitative estimate of drug-likeness (QED) is 0.751. The van der Waals surface area contributed by atoms with E-state index in [1.165, 1.54) is 12.1 Å². The molecule has 0 fully saturated rings. The van der Waals surface area contributed by atoms with Crippen molar-refractivity contribution in [3.05, 3.63) is 53.6 Å². The van der Waals surface area contributed by atoms with E-state index in [4.69, 9.17) is 0 Å². The van der Waals surface area contributed by atoms with Gasteiger partial charge in [-0.2, -0.15) is 5.10 Å². The number of aryl methyl sites for hydroxylation is 1. The highest BCUT2D eigenvalue weighted by molar-refractivity contribution is 5.21. The average Bonchev–Trinajstić information content (AvgIpc) is 2.69. The van der Waals surface area contributed by atoms with Gasteiger partial charge in [-0.1, -0.05) is 12.1 Å². The number of halogens is 1. The molecule has 0 atom stereocenters. The summed E-state index contributed by atoms with van der Waals surface area (Å²) in [5, 5.41) is 4.37. The number of hydrogen-bond acceptors (Lipinski definition) is 1. The molecule has 0 spiro atoms. The largest absolute Gasteiger partial charge is 0.273 e. The maximum atomic E-state index is 12.7. The summed E-state index contributed by atoms with van der Waals surface area (Å²) in [5.41, 5.74) is 2.10. The van der Waals surface area contributed by atoms with Crippen molar-refractivity contribution in [1.29, 1.82) is 0 Å². The van der Waals surface area contributed by atoms with E-state index >= 15 is 0 Å². The summed E-state index contributed by atoms with van der Waals surface area (Å²) in [6.45, 7) is 2.93. The Balaban J connectivity index is 2.11. The lowest BCUT2D eigenvalue weighted by Gasteiger charge is -1.98. The van der Waals surface area contributed by atoms with Gasteiger partial charge in [0.2, 0.25) is 0 Å². The van der Waals surface area contributed by atoms with Gasteiger partial charge >= 0.3 is 0 Å². The van der Waals surface area contributed by atoms with Crippen LogP contribution in [0.5, 0.6) is 0 Å². The van der Waals surface area contributed by atoms with Crippen LogP contribution in [0.1, 0.15) is 18.2 Å².